The fourth-order valence-corrected chi connectivity index (χ4v) is 4.95. The van der Waals surface area contributed by atoms with E-state index in [1.807, 2.05) is 6.08 Å². The quantitative estimate of drug-likeness (QED) is 0.573. The Bertz CT molecular complexity index is 296. The number of rotatable bonds is 6. The van der Waals surface area contributed by atoms with Crippen molar-refractivity contribution >= 4 is 22.1 Å². The van der Waals surface area contributed by atoms with Crippen LogP contribution in [0.4, 0.5) is 0 Å². The Morgan fingerprint density at radius 2 is 1.65 bits per heavy atom. The summed E-state index contributed by atoms with van der Waals surface area (Å²) in [7, 11) is -2.34. The van der Waals surface area contributed by atoms with E-state index in [-0.39, 0.29) is 0 Å². The fraction of sp³-hybridized carbons (Fsp3) is 0.769. The lowest BCUT2D eigenvalue weighted by Crippen LogP contribution is -2.30. The minimum absolute atomic E-state index is 0.491. The monoisotopic (exact) mass is 272 g/mol. The highest BCUT2D eigenvalue weighted by Crippen LogP contribution is 2.32. The number of allylic oxidation sites excluding steroid dienone is 1. The molecule has 0 aromatic rings. The van der Waals surface area contributed by atoms with Crippen LogP contribution >= 0.6 is 0 Å². The van der Waals surface area contributed by atoms with E-state index in [9.17, 15) is 4.79 Å². The van der Waals surface area contributed by atoms with Crippen LogP contribution in [-0.2, 0) is 4.79 Å². The molecule has 100 valence electrons. The summed E-state index contributed by atoms with van der Waals surface area (Å²) in [6.07, 6.45) is 3.17. The summed E-state index contributed by atoms with van der Waals surface area (Å²) in [5.74, 6) is -0.777. The smallest absolute Gasteiger partial charge is 0.330 e. The molecule has 0 radical (unpaired) electrons. The predicted molar refractivity (Wildman–Crippen MR) is 81.3 cm³/mol. The maximum atomic E-state index is 10.9. The molecule has 0 saturated carbocycles. The molecule has 0 aliphatic heterocycles. The van der Waals surface area contributed by atoms with Crippen molar-refractivity contribution in [1.82, 2.24) is 0 Å². The van der Waals surface area contributed by atoms with Gasteiger partial charge in [-0.15, -0.1) is 0 Å². The van der Waals surface area contributed by atoms with Gasteiger partial charge in [0.15, 0.2) is 0 Å². The second kappa shape index (κ2) is 6.00. The zero-order valence-electron chi connectivity index (χ0n) is 12.4. The third-order valence-electron chi connectivity index (χ3n) is 3.11. The highest BCUT2D eigenvalue weighted by Gasteiger charge is 2.27. The van der Waals surface area contributed by atoms with E-state index in [0.717, 1.165) is 6.42 Å². The minimum atomic E-state index is -1.31. The molecule has 1 N–H and O–H groups in total. The van der Waals surface area contributed by atoms with Crippen LogP contribution in [0.2, 0.25) is 50.9 Å². The van der Waals surface area contributed by atoms with E-state index < -0.39 is 22.1 Å². The number of hydrogen-bond acceptors (Lipinski definition) is 1. The van der Waals surface area contributed by atoms with Crippen LogP contribution in [0, 0.1) is 0 Å². The van der Waals surface area contributed by atoms with E-state index in [1.54, 1.807) is 6.92 Å². The normalized spacial score (nSPS) is 15.8. The van der Waals surface area contributed by atoms with Crippen molar-refractivity contribution in [3.05, 3.63) is 11.6 Å². The van der Waals surface area contributed by atoms with E-state index >= 15 is 0 Å². The van der Waals surface area contributed by atoms with Crippen LogP contribution in [0.25, 0.3) is 0 Å². The Hall–Kier alpha value is -0.356. The Morgan fingerprint density at radius 3 is 1.94 bits per heavy atom. The molecule has 0 aromatic carbocycles. The van der Waals surface area contributed by atoms with Crippen molar-refractivity contribution in [3.8, 4) is 0 Å². The molecule has 0 amide bonds. The SMILES string of the molecule is CC(=CC(CC[Si](C)(C)C)[Si](C)(C)C)C(=O)O. The Labute approximate surface area is 108 Å². The Kier molecular flexibility index (Phi) is 5.88. The summed E-state index contributed by atoms with van der Waals surface area (Å²) >= 11 is 0. The number of aliphatic carboxylic acids is 1. The van der Waals surface area contributed by atoms with E-state index in [4.69, 9.17) is 5.11 Å². The van der Waals surface area contributed by atoms with E-state index in [0.29, 0.717) is 11.1 Å². The molecule has 2 nitrogen and oxygen atoms in total. The second-order valence-corrected chi connectivity index (χ2v) is 18.3. The zero-order valence-corrected chi connectivity index (χ0v) is 14.4. The third-order valence-corrected chi connectivity index (χ3v) is 7.58. The molecule has 1 atom stereocenters. The maximum Gasteiger partial charge on any atom is 0.330 e. The van der Waals surface area contributed by atoms with Gasteiger partial charge in [0.25, 0.3) is 0 Å². The van der Waals surface area contributed by atoms with Crippen LogP contribution in [0.15, 0.2) is 11.6 Å². The first-order valence-corrected chi connectivity index (χ1v) is 13.6. The van der Waals surface area contributed by atoms with Gasteiger partial charge in [-0.05, 0) is 12.5 Å². The molecule has 0 aliphatic rings. The summed E-state index contributed by atoms with van der Waals surface area (Å²) in [5.41, 5.74) is 0.998. The molecular formula is C13H28O2Si2. The van der Waals surface area contributed by atoms with Crippen LogP contribution in [0.5, 0.6) is 0 Å². The summed E-state index contributed by atoms with van der Waals surface area (Å²) in [6.45, 7) is 15.8. The standard InChI is InChI=1S/C13H28O2Si2/c1-11(13(14)15)10-12(17(5,6)7)8-9-16(2,3)4/h10,12H,8-9H2,1-7H3,(H,14,15). The van der Waals surface area contributed by atoms with Crippen molar-refractivity contribution in [2.75, 3.05) is 0 Å². The van der Waals surface area contributed by atoms with Gasteiger partial charge < -0.3 is 5.11 Å². The summed E-state index contributed by atoms with van der Waals surface area (Å²) in [5, 5.41) is 8.98. The van der Waals surface area contributed by atoms with Crippen LogP contribution < -0.4 is 0 Å². The molecule has 17 heavy (non-hydrogen) atoms. The summed E-state index contributed by atoms with van der Waals surface area (Å²) in [4.78, 5) is 10.9. The average molecular weight is 273 g/mol. The van der Waals surface area contributed by atoms with Crippen LogP contribution in [0.1, 0.15) is 13.3 Å². The Balaban J connectivity index is 4.81. The molecule has 0 heterocycles. The molecule has 0 bridgehead atoms. The molecule has 0 spiro atoms. The van der Waals surface area contributed by atoms with Gasteiger partial charge >= 0.3 is 5.97 Å². The number of carboxylic acids is 1. The molecule has 0 rings (SSSR count). The van der Waals surface area contributed by atoms with Gasteiger partial charge in [-0.2, -0.15) is 0 Å². The molecule has 4 heteroatoms. The zero-order chi connectivity index (χ0) is 13.9. The van der Waals surface area contributed by atoms with E-state index in [1.165, 1.54) is 6.04 Å². The van der Waals surface area contributed by atoms with Crippen LogP contribution in [0.3, 0.4) is 0 Å². The molecule has 1 unspecified atom stereocenters. The molecule has 0 fully saturated rings. The first-order chi connectivity index (χ1) is 7.43. The molecular weight excluding hydrogens is 244 g/mol. The highest BCUT2D eigenvalue weighted by atomic mass is 28.3. The lowest BCUT2D eigenvalue weighted by Gasteiger charge is -2.29. The molecule has 0 aromatic heterocycles. The number of carbonyl (C=O) groups is 1. The fourth-order valence-electron chi connectivity index (χ4n) is 1.73. The average Bonchev–Trinajstić information content (AvgIpc) is 2.07. The van der Waals surface area contributed by atoms with Crippen molar-refractivity contribution in [2.45, 2.75) is 64.2 Å². The third kappa shape index (κ3) is 7.55. The van der Waals surface area contributed by atoms with Crippen molar-refractivity contribution in [3.63, 3.8) is 0 Å². The van der Waals surface area contributed by atoms with Gasteiger partial charge in [-0.3, -0.25) is 0 Å². The van der Waals surface area contributed by atoms with Crippen molar-refractivity contribution < 1.29 is 9.90 Å². The van der Waals surface area contributed by atoms with Gasteiger partial charge in [0.05, 0.1) is 8.07 Å². The van der Waals surface area contributed by atoms with Gasteiger partial charge in [-0.25, -0.2) is 4.79 Å². The first-order valence-electron chi connectivity index (χ1n) is 6.35. The maximum absolute atomic E-state index is 10.9. The highest BCUT2D eigenvalue weighted by molar-refractivity contribution is 6.79. The summed E-state index contributed by atoms with van der Waals surface area (Å²) in [6, 6.07) is 1.28. The van der Waals surface area contributed by atoms with Crippen LogP contribution in [-0.4, -0.2) is 27.2 Å². The van der Waals surface area contributed by atoms with Gasteiger partial charge in [0.1, 0.15) is 0 Å². The second-order valence-electron chi connectivity index (χ2n) is 7.23. The van der Waals surface area contributed by atoms with Gasteiger partial charge in [0, 0.05) is 13.6 Å². The van der Waals surface area contributed by atoms with Crippen molar-refractivity contribution in [1.29, 1.82) is 0 Å². The largest absolute Gasteiger partial charge is 0.478 e. The van der Waals surface area contributed by atoms with Crippen molar-refractivity contribution in [2.24, 2.45) is 0 Å². The Morgan fingerprint density at radius 1 is 1.18 bits per heavy atom. The first kappa shape index (κ1) is 16.6. The number of carboxylic acid groups (broad SMARTS) is 1. The topological polar surface area (TPSA) is 37.3 Å². The van der Waals surface area contributed by atoms with Gasteiger partial charge in [-0.1, -0.05) is 57.8 Å². The lowest BCUT2D eigenvalue weighted by molar-refractivity contribution is -0.132. The number of hydrogen-bond donors (Lipinski definition) is 1. The van der Waals surface area contributed by atoms with E-state index in [2.05, 4.69) is 39.3 Å². The minimum Gasteiger partial charge on any atom is -0.478 e. The predicted octanol–water partition coefficient (Wildman–Crippen LogP) is 4.45. The molecule has 0 saturated heterocycles. The summed E-state index contributed by atoms with van der Waals surface area (Å²) < 4.78 is 0. The lowest BCUT2D eigenvalue weighted by atomic mass is 10.2. The molecule has 0 aliphatic carbocycles. The van der Waals surface area contributed by atoms with Gasteiger partial charge in [0.2, 0.25) is 0 Å².